The van der Waals surface area contributed by atoms with Crippen LogP contribution in [0.1, 0.15) is 52.9 Å². The van der Waals surface area contributed by atoms with Crippen molar-refractivity contribution in [3.05, 3.63) is 0 Å². The molecular weight excluding hydrogens is 190 g/mol. The number of hydrogen-bond acceptors (Lipinski definition) is 2. The van der Waals surface area contributed by atoms with E-state index in [1.165, 1.54) is 0 Å². The number of hydrogen-bond donors (Lipinski definition) is 2. The van der Waals surface area contributed by atoms with Crippen LogP contribution in [0.5, 0.6) is 0 Å². The summed E-state index contributed by atoms with van der Waals surface area (Å²) in [6.45, 7) is 6.67. The normalized spacial score (nSPS) is 33.5. The van der Waals surface area contributed by atoms with Gasteiger partial charge in [-0.05, 0) is 37.0 Å². The molecule has 3 N–H and O–H groups in total. The van der Waals surface area contributed by atoms with Gasteiger partial charge in [0.2, 0.25) is 0 Å². The van der Waals surface area contributed by atoms with E-state index >= 15 is 0 Å². The molecule has 2 unspecified atom stereocenters. The van der Waals surface area contributed by atoms with Gasteiger partial charge in [0, 0.05) is 0 Å². The van der Waals surface area contributed by atoms with Crippen molar-refractivity contribution in [3.63, 3.8) is 0 Å². The molecule has 0 spiro atoms. The third-order valence-electron chi connectivity index (χ3n) is 3.77. The van der Waals surface area contributed by atoms with Gasteiger partial charge in [0.15, 0.2) is 0 Å². The van der Waals surface area contributed by atoms with Crippen LogP contribution in [0.4, 0.5) is 0 Å². The van der Waals surface area contributed by atoms with Gasteiger partial charge in [0.05, 0.1) is 0 Å². The molecule has 0 aromatic heterocycles. The van der Waals surface area contributed by atoms with Gasteiger partial charge < -0.3 is 10.8 Å². The minimum atomic E-state index is -0.972. The Labute approximate surface area is 92.0 Å². The summed E-state index contributed by atoms with van der Waals surface area (Å²) < 4.78 is 0. The molecule has 1 saturated carbocycles. The summed E-state index contributed by atoms with van der Waals surface area (Å²) >= 11 is 0. The molecular formula is C12H23NO2. The number of aliphatic carboxylic acids is 1. The second-order valence-corrected chi connectivity index (χ2v) is 5.96. The second kappa shape index (κ2) is 4.12. The lowest BCUT2D eigenvalue weighted by atomic mass is 9.76. The zero-order chi connectivity index (χ0) is 11.7. The summed E-state index contributed by atoms with van der Waals surface area (Å²) in [7, 11) is 0. The lowest BCUT2D eigenvalue weighted by Gasteiger charge is -2.30. The molecule has 88 valence electrons. The smallest absolute Gasteiger partial charge is 0.323 e. The van der Waals surface area contributed by atoms with Crippen LogP contribution in [-0.4, -0.2) is 16.6 Å². The Morgan fingerprint density at radius 1 is 1.33 bits per heavy atom. The van der Waals surface area contributed by atoms with E-state index in [0.717, 1.165) is 19.3 Å². The maximum absolute atomic E-state index is 11.1. The Morgan fingerprint density at radius 3 is 2.40 bits per heavy atom. The van der Waals surface area contributed by atoms with E-state index in [1.54, 1.807) is 0 Å². The van der Waals surface area contributed by atoms with Crippen molar-refractivity contribution in [2.75, 3.05) is 0 Å². The minimum Gasteiger partial charge on any atom is -0.480 e. The van der Waals surface area contributed by atoms with Gasteiger partial charge in [-0.25, -0.2) is 0 Å². The van der Waals surface area contributed by atoms with Gasteiger partial charge in [-0.3, -0.25) is 4.79 Å². The van der Waals surface area contributed by atoms with Crippen LogP contribution in [0.15, 0.2) is 0 Å². The Balaban J connectivity index is 2.68. The Hall–Kier alpha value is -0.570. The SMILES string of the molecule is CC(C)(C)C1CCCC(N)(C(=O)O)CC1. The molecule has 0 amide bonds. The van der Waals surface area contributed by atoms with Crippen LogP contribution >= 0.6 is 0 Å². The van der Waals surface area contributed by atoms with Crippen molar-refractivity contribution in [2.24, 2.45) is 17.1 Å². The lowest BCUT2D eigenvalue weighted by Crippen LogP contribution is -2.47. The first kappa shape index (κ1) is 12.5. The third kappa shape index (κ3) is 2.94. The number of carboxylic acids is 1. The van der Waals surface area contributed by atoms with Gasteiger partial charge in [0.25, 0.3) is 0 Å². The highest BCUT2D eigenvalue weighted by molar-refractivity contribution is 5.78. The molecule has 0 saturated heterocycles. The van der Waals surface area contributed by atoms with Crippen molar-refractivity contribution in [3.8, 4) is 0 Å². The largest absolute Gasteiger partial charge is 0.480 e. The van der Waals surface area contributed by atoms with Crippen molar-refractivity contribution in [1.29, 1.82) is 0 Å². The molecule has 2 atom stereocenters. The summed E-state index contributed by atoms with van der Waals surface area (Å²) in [5.41, 5.74) is 5.20. The highest BCUT2D eigenvalue weighted by atomic mass is 16.4. The van der Waals surface area contributed by atoms with E-state index < -0.39 is 11.5 Å². The number of rotatable bonds is 1. The van der Waals surface area contributed by atoms with Gasteiger partial charge in [0.1, 0.15) is 5.54 Å². The lowest BCUT2D eigenvalue weighted by molar-refractivity contribution is -0.143. The first-order valence-electron chi connectivity index (χ1n) is 5.78. The van der Waals surface area contributed by atoms with Crippen LogP contribution in [0, 0.1) is 11.3 Å². The van der Waals surface area contributed by atoms with Crippen molar-refractivity contribution in [2.45, 2.75) is 58.4 Å². The maximum Gasteiger partial charge on any atom is 0.323 e. The fourth-order valence-electron chi connectivity index (χ4n) is 2.44. The molecule has 1 aliphatic carbocycles. The molecule has 0 heterocycles. The molecule has 0 aliphatic heterocycles. The van der Waals surface area contributed by atoms with Crippen molar-refractivity contribution >= 4 is 5.97 Å². The second-order valence-electron chi connectivity index (χ2n) is 5.96. The zero-order valence-electron chi connectivity index (χ0n) is 10.0. The Kier molecular flexibility index (Phi) is 3.44. The summed E-state index contributed by atoms with van der Waals surface area (Å²) in [5.74, 6) is -0.237. The fourth-order valence-corrected chi connectivity index (χ4v) is 2.44. The zero-order valence-corrected chi connectivity index (χ0v) is 10.0. The monoisotopic (exact) mass is 213 g/mol. The number of carboxylic acid groups (broad SMARTS) is 1. The molecule has 1 rings (SSSR count). The molecule has 15 heavy (non-hydrogen) atoms. The average Bonchev–Trinajstić information content (AvgIpc) is 2.26. The molecule has 0 aromatic rings. The van der Waals surface area contributed by atoms with E-state index in [9.17, 15) is 4.79 Å². The maximum atomic E-state index is 11.1. The van der Waals surface area contributed by atoms with Crippen LogP contribution in [0.2, 0.25) is 0 Å². The van der Waals surface area contributed by atoms with E-state index in [2.05, 4.69) is 20.8 Å². The van der Waals surface area contributed by atoms with Crippen LogP contribution in [0.25, 0.3) is 0 Å². The third-order valence-corrected chi connectivity index (χ3v) is 3.77. The highest BCUT2D eigenvalue weighted by Gasteiger charge is 2.38. The van der Waals surface area contributed by atoms with E-state index in [4.69, 9.17) is 10.8 Å². The van der Waals surface area contributed by atoms with Gasteiger partial charge in [-0.1, -0.05) is 27.2 Å². The molecule has 1 aliphatic rings. The molecule has 3 heteroatoms. The van der Waals surface area contributed by atoms with Crippen molar-refractivity contribution in [1.82, 2.24) is 0 Å². The molecule has 1 fully saturated rings. The van der Waals surface area contributed by atoms with Gasteiger partial charge in [-0.2, -0.15) is 0 Å². The Bertz CT molecular complexity index is 244. The molecule has 3 nitrogen and oxygen atoms in total. The molecule has 0 bridgehead atoms. The van der Waals surface area contributed by atoms with Crippen LogP contribution in [0.3, 0.4) is 0 Å². The summed E-state index contributed by atoms with van der Waals surface area (Å²) in [6.07, 6.45) is 4.21. The van der Waals surface area contributed by atoms with E-state index in [-0.39, 0.29) is 5.41 Å². The summed E-state index contributed by atoms with van der Waals surface area (Å²) in [4.78, 5) is 11.1. The predicted octanol–water partition coefficient (Wildman–Crippen LogP) is 2.39. The van der Waals surface area contributed by atoms with Crippen molar-refractivity contribution < 1.29 is 9.90 Å². The van der Waals surface area contributed by atoms with E-state index in [1.807, 2.05) is 0 Å². The average molecular weight is 213 g/mol. The first-order valence-corrected chi connectivity index (χ1v) is 5.78. The van der Waals surface area contributed by atoms with Gasteiger partial charge >= 0.3 is 5.97 Å². The fraction of sp³-hybridized carbons (Fsp3) is 0.917. The molecule has 0 radical (unpaired) electrons. The van der Waals surface area contributed by atoms with E-state index in [0.29, 0.717) is 18.8 Å². The summed E-state index contributed by atoms with van der Waals surface area (Å²) in [6, 6.07) is 0. The number of carbonyl (C=O) groups is 1. The predicted molar refractivity (Wildman–Crippen MR) is 60.6 cm³/mol. The quantitative estimate of drug-likeness (QED) is 0.657. The number of nitrogens with two attached hydrogens (primary N) is 1. The standard InChI is InChI=1S/C12H23NO2/c1-11(2,3)9-5-4-7-12(13,8-6-9)10(14)15/h9H,4-8,13H2,1-3H3,(H,14,15). The minimum absolute atomic E-state index is 0.268. The molecule has 0 aromatic carbocycles. The van der Waals surface area contributed by atoms with Crippen LogP contribution in [-0.2, 0) is 4.79 Å². The first-order chi connectivity index (χ1) is 6.76. The highest BCUT2D eigenvalue weighted by Crippen LogP contribution is 2.38. The topological polar surface area (TPSA) is 63.3 Å². The Morgan fingerprint density at radius 2 is 1.93 bits per heavy atom. The van der Waals surface area contributed by atoms with Gasteiger partial charge in [-0.15, -0.1) is 0 Å². The summed E-state index contributed by atoms with van der Waals surface area (Å²) in [5, 5.41) is 9.09. The van der Waals surface area contributed by atoms with Crippen LogP contribution < -0.4 is 5.73 Å².